The largest absolute Gasteiger partial charge is 0.492 e. The summed E-state index contributed by atoms with van der Waals surface area (Å²) >= 11 is 5.95. The second-order valence-corrected chi connectivity index (χ2v) is 6.26. The van der Waals surface area contributed by atoms with Gasteiger partial charge in [-0.1, -0.05) is 11.6 Å². The van der Waals surface area contributed by atoms with Crippen LogP contribution in [0.25, 0.3) is 0 Å². The van der Waals surface area contributed by atoms with Crippen molar-refractivity contribution < 1.29 is 22.7 Å². The van der Waals surface area contributed by atoms with Gasteiger partial charge >= 0.3 is 0 Å². The number of ether oxygens (including phenoxy) is 1. The monoisotopic (exact) mass is 318 g/mol. The maximum Gasteiger partial charge on any atom is 0.254 e. The Morgan fingerprint density at radius 3 is 2.57 bits per heavy atom. The van der Waals surface area contributed by atoms with Crippen LogP contribution in [0.4, 0.5) is 13.2 Å². The number of carbonyl (C=O) groups is 1. The molecule has 0 aliphatic heterocycles. The predicted octanol–water partition coefficient (Wildman–Crippen LogP) is 4.35. The standard InChI is InChI=1S/C15H14ClF3O2/c1-7(20)9-4-12(16)14(5-13(9)17)21-6-8-2-10-11(3-8)15(10,18)19/h4-5,8,10-11H,2-3,6H2,1H3. The van der Waals surface area contributed by atoms with E-state index < -0.39 is 29.4 Å². The highest BCUT2D eigenvalue weighted by Crippen LogP contribution is 2.65. The molecule has 114 valence electrons. The van der Waals surface area contributed by atoms with Crippen molar-refractivity contribution in [3.05, 3.63) is 28.5 Å². The summed E-state index contributed by atoms with van der Waals surface area (Å²) in [5.74, 6) is -4.44. The van der Waals surface area contributed by atoms with Gasteiger partial charge in [-0.15, -0.1) is 0 Å². The summed E-state index contributed by atoms with van der Waals surface area (Å²) in [4.78, 5) is 11.2. The van der Waals surface area contributed by atoms with Crippen LogP contribution in [0, 0.1) is 23.6 Å². The zero-order chi connectivity index (χ0) is 15.4. The van der Waals surface area contributed by atoms with Crippen molar-refractivity contribution in [2.45, 2.75) is 25.7 Å². The number of carbonyl (C=O) groups excluding carboxylic acids is 1. The molecule has 2 atom stereocenters. The fourth-order valence-electron chi connectivity index (χ4n) is 3.17. The Labute approximate surface area is 125 Å². The Morgan fingerprint density at radius 1 is 1.38 bits per heavy atom. The maximum atomic E-state index is 13.7. The molecule has 6 heteroatoms. The average Bonchev–Trinajstić information content (AvgIpc) is 2.79. The van der Waals surface area contributed by atoms with Gasteiger partial charge in [-0.25, -0.2) is 13.2 Å². The number of hydrogen-bond donors (Lipinski definition) is 0. The summed E-state index contributed by atoms with van der Waals surface area (Å²) < 4.78 is 45.3. The first-order valence-electron chi connectivity index (χ1n) is 6.81. The summed E-state index contributed by atoms with van der Waals surface area (Å²) in [7, 11) is 0. The molecule has 0 spiro atoms. The Bertz CT molecular complexity index is 589. The topological polar surface area (TPSA) is 26.3 Å². The van der Waals surface area contributed by atoms with Gasteiger partial charge in [0, 0.05) is 17.9 Å². The third kappa shape index (κ3) is 2.52. The number of fused-ring (bicyclic) bond motifs is 1. The number of hydrogen-bond acceptors (Lipinski definition) is 2. The lowest BCUT2D eigenvalue weighted by molar-refractivity contribution is 0.0580. The van der Waals surface area contributed by atoms with Crippen molar-refractivity contribution in [1.82, 2.24) is 0 Å². The molecule has 0 saturated heterocycles. The van der Waals surface area contributed by atoms with E-state index in [0.29, 0.717) is 12.8 Å². The summed E-state index contributed by atoms with van der Waals surface area (Å²) in [6, 6.07) is 2.30. The number of benzene rings is 1. The molecule has 0 radical (unpaired) electrons. The van der Waals surface area contributed by atoms with E-state index in [2.05, 4.69) is 0 Å². The highest BCUT2D eigenvalue weighted by atomic mass is 35.5. The van der Waals surface area contributed by atoms with Gasteiger partial charge in [-0.3, -0.25) is 4.79 Å². The van der Waals surface area contributed by atoms with E-state index in [-0.39, 0.29) is 28.9 Å². The second-order valence-electron chi connectivity index (χ2n) is 5.85. The molecule has 1 aromatic rings. The van der Waals surface area contributed by atoms with E-state index in [0.717, 1.165) is 6.07 Å². The van der Waals surface area contributed by atoms with E-state index in [9.17, 15) is 18.0 Å². The van der Waals surface area contributed by atoms with E-state index in [1.807, 2.05) is 0 Å². The minimum absolute atomic E-state index is 0.0474. The normalized spacial score (nSPS) is 29.1. The number of halogens is 4. The van der Waals surface area contributed by atoms with Crippen molar-refractivity contribution in [3.63, 3.8) is 0 Å². The zero-order valence-corrected chi connectivity index (χ0v) is 12.1. The second kappa shape index (κ2) is 4.90. The van der Waals surface area contributed by atoms with Crippen molar-refractivity contribution in [2.75, 3.05) is 6.61 Å². The smallest absolute Gasteiger partial charge is 0.254 e. The number of Topliss-reactive ketones (excluding diaryl/α,β-unsaturated/α-hetero) is 1. The molecule has 2 aliphatic carbocycles. The summed E-state index contributed by atoms with van der Waals surface area (Å²) in [6.45, 7) is 1.49. The van der Waals surface area contributed by atoms with Crippen LogP contribution in [-0.4, -0.2) is 18.3 Å². The molecule has 2 unspecified atom stereocenters. The molecule has 2 saturated carbocycles. The molecule has 0 bridgehead atoms. The molecule has 0 N–H and O–H groups in total. The van der Waals surface area contributed by atoms with E-state index in [1.165, 1.54) is 13.0 Å². The molecule has 3 rings (SSSR count). The van der Waals surface area contributed by atoms with Crippen LogP contribution >= 0.6 is 11.6 Å². The lowest BCUT2D eigenvalue weighted by atomic mass is 10.0. The van der Waals surface area contributed by atoms with Gasteiger partial charge in [0.1, 0.15) is 11.6 Å². The van der Waals surface area contributed by atoms with Crippen LogP contribution in [0.15, 0.2) is 12.1 Å². The fraction of sp³-hybridized carbons (Fsp3) is 0.533. The van der Waals surface area contributed by atoms with Crippen molar-refractivity contribution in [1.29, 1.82) is 0 Å². The predicted molar refractivity (Wildman–Crippen MR) is 71.6 cm³/mol. The van der Waals surface area contributed by atoms with Crippen LogP contribution in [0.1, 0.15) is 30.1 Å². The first-order valence-corrected chi connectivity index (χ1v) is 7.19. The lowest BCUT2D eigenvalue weighted by Crippen LogP contribution is -2.15. The highest BCUT2D eigenvalue weighted by molar-refractivity contribution is 6.32. The Balaban J connectivity index is 1.62. The first kappa shape index (κ1) is 14.7. The van der Waals surface area contributed by atoms with Crippen LogP contribution in [0.2, 0.25) is 5.02 Å². The number of ketones is 1. The van der Waals surface area contributed by atoms with Crippen LogP contribution in [-0.2, 0) is 0 Å². The van der Waals surface area contributed by atoms with Crippen LogP contribution in [0.5, 0.6) is 5.75 Å². The van der Waals surface area contributed by atoms with Gasteiger partial charge in [-0.2, -0.15) is 0 Å². The van der Waals surface area contributed by atoms with Gasteiger partial charge in [0.2, 0.25) is 0 Å². The van der Waals surface area contributed by atoms with Gasteiger partial charge in [0.15, 0.2) is 5.78 Å². The van der Waals surface area contributed by atoms with E-state index in [4.69, 9.17) is 16.3 Å². The molecule has 0 amide bonds. The molecule has 2 aliphatic rings. The molecule has 2 nitrogen and oxygen atoms in total. The Morgan fingerprint density at radius 2 is 2.00 bits per heavy atom. The number of alkyl halides is 2. The van der Waals surface area contributed by atoms with Gasteiger partial charge in [0.05, 0.1) is 17.2 Å². The third-order valence-electron chi connectivity index (χ3n) is 4.42. The van der Waals surface area contributed by atoms with E-state index >= 15 is 0 Å². The van der Waals surface area contributed by atoms with Crippen LogP contribution < -0.4 is 4.74 Å². The zero-order valence-electron chi connectivity index (χ0n) is 11.3. The molecule has 1 aromatic carbocycles. The summed E-state index contributed by atoms with van der Waals surface area (Å²) in [5.41, 5.74) is -0.0888. The molecule has 0 heterocycles. The molecule has 21 heavy (non-hydrogen) atoms. The summed E-state index contributed by atoms with van der Waals surface area (Å²) in [5, 5.41) is 0.148. The average molecular weight is 319 g/mol. The maximum absolute atomic E-state index is 13.7. The minimum atomic E-state index is -2.50. The molecular weight excluding hydrogens is 305 g/mol. The van der Waals surface area contributed by atoms with Gasteiger partial charge in [-0.05, 0) is 31.7 Å². The quantitative estimate of drug-likeness (QED) is 0.771. The Hall–Kier alpha value is -1.23. The van der Waals surface area contributed by atoms with Gasteiger partial charge in [0.25, 0.3) is 5.92 Å². The van der Waals surface area contributed by atoms with E-state index in [1.54, 1.807) is 0 Å². The highest BCUT2D eigenvalue weighted by Gasteiger charge is 2.71. The molecule has 2 fully saturated rings. The summed E-state index contributed by atoms with van der Waals surface area (Å²) in [6.07, 6.45) is 0.868. The molecule has 0 aromatic heterocycles. The van der Waals surface area contributed by atoms with Crippen molar-refractivity contribution >= 4 is 17.4 Å². The fourth-order valence-corrected chi connectivity index (χ4v) is 3.39. The SMILES string of the molecule is CC(=O)c1cc(Cl)c(OCC2CC3C(C2)C3(F)F)cc1F. The van der Waals surface area contributed by atoms with Crippen LogP contribution in [0.3, 0.4) is 0 Å². The Kier molecular flexibility index (Phi) is 3.43. The number of rotatable bonds is 4. The first-order chi connectivity index (χ1) is 9.80. The van der Waals surface area contributed by atoms with Gasteiger partial charge < -0.3 is 4.74 Å². The third-order valence-corrected chi connectivity index (χ3v) is 4.71. The van der Waals surface area contributed by atoms with Crippen molar-refractivity contribution in [3.8, 4) is 5.75 Å². The minimum Gasteiger partial charge on any atom is -0.492 e. The van der Waals surface area contributed by atoms with Crippen molar-refractivity contribution in [2.24, 2.45) is 17.8 Å². The molecular formula is C15H14ClF3O2. The lowest BCUT2D eigenvalue weighted by Gasteiger charge is -2.16.